The number of hydrogen-bond donors (Lipinski definition) is 0. The summed E-state index contributed by atoms with van der Waals surface area (Å²) < 4.78 is 13.1. The molecule has 0 amide bonds. The van der Waals surface area contributed by atoms with Crippen molar-refractivity contribution < 1.29 is 8.83 Å². The molecule has 0 atom stereocenters. The van der Waals surface area contributed by atoms with E-state index in [1.165, 1.54) is 0 Å². The molecule has 2 aromatic heterocycles. The van der Waals surface area contributed by atoms with Gasteiger partial charge in [0.2, 0.25) is 5.89 Å². The van der Waals surface area contributed by atoms with E-state index in [2.05, 4.69) is 143 Å². The van der Waals surface area contributed by atoms with Gasteiger partial charge in [-0.25, -0.2) is 4.98 Å². The first kappa shape index (κ1) is 29.8. The van der Waals surface area contributed by atoms with Crippen LogP contribution in [0.15, 0.2) is 197 Å². The fraction of sp³-hybridized carbons (Fsp3) is 0. The third kappa shape index (κ3) is 4.98. The van der Waals surface area contributed by atoms with Gasteiger partial charge in [-0.3, -0.25) is 0 Å². The Labute approximate surface area is 300 Å². The molecule has 0 N–H and O–H groups in total. The number of hydrogen-bond acceptors (Lipinski definition) is 5. The van der Waals surface area contributed by atoms with Crippen molar-refractivity contribution in [3.05, 3.63) is 188 Å². The number of nitrogens with zero attached hydrogens (tertiary/aromatic N) is 3. The monoisotopic (exact) mass is 669 g/mol. The highest BCUT2D eigenvalue weighted by Gasteiger charge is 2.23. The molecule has 2 heterocycles. The molecule has 8 aromatic carbocycles. The van der Waals surface area contributed by atoms with Crippen LogP contribution in [0, 0.1) is 0 Å². The summed E-state index contributed by atoms with van der Waals surface area (Å²) in [6, 6.07) is 64.9. The Hall–Kier alpha value is -7.11. The average molecular weight is 670 g/mol. The molecule has 0 radical (unpaired) electrons. The van der Waals surface area contributed by atoms with Crippen molar-refractivity contribution in [3.8, 4) is 11.5 Å². The Morgan fingerprint density at radius 1 is 0.365 bits per heavy atom. The van der Waals surface area contributed by atoms with Gasteiger partial charge < -0.3 is 18.6 Å². The van der Waals surface area contributed by atoms with Gasteiger partial charge in [0.1, 0.15) is 16.7 Å². The molecule has 0 unspecified atom stereocenters. The molecule has 5 nitrogen and oxygen atoms in total. The Kier molecular flexibility index (Phi) is 7.07. The van der Waals surface area contributed by atoms with E-state index >= 15 is 0 Å². The van der Waals surface area contributed by atoms with Crippen molar-refractivity contribution in [1.29, 1.82) is 0 Å². The first-order valence-electron chi connectivity index (χ1n) is 17.4. The van der Waals surface area contributed by atoms with Crippen molar-refractivity contribution in [3.63, 3.8) is 0 Å². The molecule has 10 rings (SSSR count). The number of furan rings is 1. The molecule has 0 aliphatic heterocycles. The minimum Gasteiger partial charge on any atom is -0.456 e. The van der Waals surface area contributed by atoms with E-state index in [-0.39, 0.29) is 0 Å². The van der Waals surface area contributed by atoms with Gasteiger partial charge in [0.25, 0.3) is 0 Å². The number of oxazole rings is 1. The maximum atomic E-state index is 6.83. The van der Waals surface area contributed by atoms with Crippen LogP contribution in [0.4, 0.5) is 34.1 Å². The quantitative estimate of drug-likeness (QED) is 0.169. The molecule has 246 valence electrons. The van der Waals surface area contributed by atoms with Crippen LogP contribution in [0.5, 0.6) is 0 Å². The average Bonchev–Trinajstić information content (AvgIpc) is 3.82. The standard InChI is InChI=1S/C47H31N3O2/c1-5-16-32(17-6-1)49(33-18-7-2-8-19-33)36-28-29-37-40(30-36)46-44(31-41(37)50(34-20-9-3-10-21-34)35-22-11-4-12-23-35)52-47(48-46)39-25-15-27-43-45(39)38-24-13-14-26-42(38)51-43/h1-31H. The lowest BCUT2D eigenvalue weighted by molar-refractivity contribution is 0.620. The van der Waals surface area contributed by atoms with Crippen molar-refractivity contribution in [1.82, 2.24) is 4.98 Å². The number of rotatable bonds is 7. The van der Waals surface area contributed by atoms with Gasteiger partial charge in [-0.2, -0.15) is 0 Å². The molecular weight excluding hydrogens is 639 g/mol. The molecule has 10 aromatic rings. The van der Waals surface area contributed by atoms with E-state index in [9.17, 15) is 0 Å². The lowest BCUT2D eigenvalue weighted by Gasteiger charge is -2.28. The Morgan fingerprint density at radius 3 is 1.56 bits per heavy atom. The molecule has 0 spiro atoms. The molecule has 0 aliphatic rings. The Balaban J connectivity index is 1.27. The Morgan fingerprint density at radius 2 is 0.923 bits per heavy atom. The second kappa shape index (κ2) is 12.3. The van der Waals surface area contributed by atoms with E-state index in [0.717, 1.165) is 77.9 Å². The predicted molar refractivity (Wildman–Crippen MR) is 214 cm³/mol. The fourth-order valence-electron chi connectivity index (χ4n) is 7.35. The van der Waals surface area contributed by atoms with Gasteiger partial charge in [0.15, 0.2) is 5.58 Å². The van der Waals surface area contributed by atoms with Crippen LogP contribution in [0.25, 0.3) is 55.3 Å². The maximum absolute atomic E-state index is 6.83. The second-order valence-corrected chi connectivity index (χ2v) is 12.8. The van der Waals surface area contributed by atoms with E-state index < -0.39 is 0 Å². The van der Waals surface area contributed by atoms with Crippen LogP contribution in [0.2, 0.25) is 0 Å². The first-order chi connectivity index (χ1) is 25.8. The third-order valence-corrected chi connectivity index (χ3v) is 9.65. The van der Waals surface area contributed by atoms with Crippen molar-refractivity contribution in [2.75, 3.05) is 9.80 Å². The first-order valence-corrected chi connectivity index (χ1v) is 17.4. The summed E-state index contributed by atoms with van der Waals surface area (Å²) in [5.41, 5.74) is 10.2. The molecule has 0 fully saturated rings. The molecule has 52 heavy (non-hydrogen) atoms. The van der Waals surface area contributed by atoms with Crippen molar-refractivity contribution >= 4 is 77.9 Å². The predicted octanol–water partition coefficient (Wildman–Crippen LogP) is 13.5. The van der Waals surface area contributed by atoms with Gasteiger partial charge in [0, 0.05) is 61.6 Å². The smallest absolute Gasteiger partial charge is 0.228 e. The zero-order valence-electron chi connectivity index (χ0n) is 28.1. The van der Waals surface area contributed by atoms with Crippen LogP contribution in [-0.2, 0) is 0 Å². The van der Waals surface area contributed by atoms with E-state index in [4.69, 9.17) is 13.8 Å². The summed E-state index contributed by atoms with van der Waals surface area (Å²) in [7, 11) is 0. The molecule has 0 saturated carbocycles. The largest absolute Gasteiger partial charge is 0.456 e. The highest BCUT2D eigenvalue weighted by molar-refractivity contribution is 6.15. The molecule has 0 aliphatic carbocycles. The summed E-state index contributed by atoms with van der Waals surface area (Å²) in [4.78, 5) is 9.87. The number of aromatic nitrogens is 1. The summed E-state index contributed by atoms with van der Waals surface area (Å²) >= 11 is 0. The molecular formula is C47H31N3O2. The van der Waals surface area contributed by atoms with Crippen LogP contribution in [-0.4, -0.2) is 4.98 Å². The summed E-state index contributed by atoms with van der Waals surface area (Å²) in [6.45, 7) is 0. The lowest BCUT2D eigenvalue weighted by Crippen LogP contribution is -2.11. The summed E-state index contributed by atoms with van der Waals surface area (Å²) in [5, 5.41) is 4.06. The number of fused-ring (bicyclic) bond motifs is 6. The Bertz CT molecular complexity index is 2770. The van der Waals surface area contributed by atoms with Crippen LogP contribution in [0.1, 0.15) is 0 Å². The molecule has 0 bridgehead atoms. The van der Waals surface area contributed by atoms with E-state index in [0.29, 0.717) is 11.5 Å². The second-order valence-electron chi connectivity index (χ2n) is 12.8. The number of para-hydroxylation sites is 5. The van der Waals surface area contributed by atoms with Gasteiger partial charge >= 0.3 is 0 Å². The van der Waals surface area contributed by atoms with Crippen LogP contribution in [0.3, 0.4) is 0 Å². The maximum Gasteiger partial charge on any atom is 0.228 e. The van der Waals surface area contributed by atoms with Crippen molar-refractivity contribution in [2.24, 2.45) is 0 Å². The SMILES string of the molecule is c1ccc(N(c2ccccc2)c2ccc3c(N(c4ccccc4)c4ccccc4)cc4oc(-c5cccc6oc7ccccc7c56)nc4c3c2)cc1. The highest BCUT2D eigenvalue weighted by Crippen LogP contribution is 2.46. The van der Waals surface area contributed by atoms with Gasteiger partial charge in [-0.1, -0.05) is 103 Å². The van der Waals surface area contributed by atoms with Gasteiger partial charge in [-0.05, 0) is 78.9 Å². The number of benzene rings is 8. The van der Waals surface area contributed by atoms with Crippen LogP contribution >= 0.6 is 0 Å². The van der Waals surface area contributed by atoms with E-state index in [1.54, 1.807) is 0 Å². The zero-order valence-corrected chi connectivity index (χ0v) is 28.1. The number of anilines is 6. The third-order valence-electron chi connectivity index (χ3n) is 9.65. The van der Waals surface area contributed by atoms with Crippen molar-refractivity contribution in [2.45, 2.75) is 0 Å². The van der Waals surface area contributed by atoms with Gasteiger partial charge in [-0.15, -0.1) is 0 Å². The lowest BCUT2D eigenvalue weighted by atomic mass is 10.0. The minimum absolute atomic E-state index is 0.546. The minimum atomic E-state index is 0.546. The zero-order chi connectivity index (χ0) is 34.4. The topological polar surface area (TPSA) is 45.7 Å². The fourth-order valence-corrected chi connectivity index (χ4v) is 7.35. The normalized spacial score (nSPS) is 11.5. The molecule has 5 heteroatoms. The summed E-state index contributed by atoms with van der Waals surface area (Å²) in [6.07, 6.45) is 0. The highest BCUT2D eigenvalue weighted by atomic mass is 16.3. The summed E-state index contributed by atoms with van der Waals surface area (Å²) in [5.74, 6) is 0.546. The van der Waals surface area contributed by atoms with Gasteiger partial charge in [0.05, 0.1) is 5.69 Å². The van der Waals surface area contributed by atoms with E-state index in [1.807, 2.05) is 54.6 Å². The molecule has 0 saturated heterocycles. The van der Waals surface area contributed by atoms with Crippen LogP contribution < -0.4 is 9.80 Å².